The summed E-state index contributed by atoms with van der Waals surface area (Å²) in [5.74, 6) is 0.204. The maximum absolute atomic E-state index is 12.7. The van der Waals surface area contributed by atoms with E-state index >= 15 is 0 Å². The Labute approximate surface area is 188 Å². The third-order valence-electron chi connectivity index (χ3n) is 4.79. The molecule has 32 heavy (non-hydrogen) atoms. The van der Waals surface area contributed by atoms with Gasteiger partial charge in [0.1, 0.15) is 6.61 Å². The van der Waals surface area contributed by atoms with Crippen molar-refractivity contribution in [3.63, 3.8) is 0 Å². The number of amides is 1. The van der Waals surface area contributed by atoms with E-state index in [4.69, 9.17) is 16.2 Å². The molecule has 166 valence electrons. The van der Waals surface area contributed by atoms with Crippen LogP contribution >= 0.6 is 0 Å². The van der Waals surface area contributed by atoms with Crippen LogP contribution in [0.15, 0.2) is 79.2 Å². The minimum absolute atomic E-state index is 0.251. The molecule has 0 aliphatic rings. The first kappa shape index (κ1) is 22.7. The van der Waals surface area contributed by atoms with E-state index < -0.39 is 0 Å². The average Bonchev–Trinajstić information content (AvgIpc) is 2.76. The second kappa shape index (κ2) is 10.4. The Bertz CT molecular complexity index is 1080. The van der Waals surface area contributed by atoms with Crippen molar-refractivity contribution in [1.29, 1.82) is 0 Å². The SMILES string of the molecule is C=C(Nc1ccc(C(=O)Nc2cc(-c3ccc(N)cc3)ccc2N)cc1)OCCN(C)C. The highest BCUT2D eigenvalue weighted by atomic mass is 16.5. The van der Waals surface area contributed by atoms with Crippen LogP contribution in [-0.2, 0) is 4.74 Å². The monoisotopic (exact) mass is 431 g/mol. The molecule has 0 saturated heterocycles. The van der Waals surface area contributed by atoms with Gasteiger partial charge in [0, 0.05) is 23.5 Å². The summed E-state index contributed by atoms with van der Waals surface area (Å²) in [4.78, 5) is 14.8. The van der Waals surface area contributed by atoms with Crippen molar-refractivity contribution in [2.24, 2.45) is 0 Å². The van der Waals surface area contributed by atoms with E-state index in [2.05, 4.69) is 17.2 Å². The molecule has 0 aliphatic carbocycles. The van der Waals surface area contributed by atoms with Gasteiger partial charge >= 0.3 is 0 Å². The number of anilines is 4. The smallest absolute Gasteiger partial charge is 0.255 e. The first-order chi connectivity index (χ1) is 15.3. The molecule has 0 radical (unpaired) electrons. The second-order valence-electron chi connectivity index (χ2n) is 7.66. The number of ether oxygens (including phenoxy) is 1. The lowest BCUT2D eigenvalue weighted by atomic mass is 10.0. The quantitative estimate of drug-likeness (QED) is 0.298. The minimum Gasteiger partial charge on any atom is -0.478 e. The predicted molar refractivity (Wildman–Crippen MR) is 132 cm³/mol. The van der Waals surface area contributed by atoms with Crippen molar-refractivity contribution in [2.75, 3.05) is 49.3 Å². The van der Waals surface area contributed by atoms with Crippen molar-refractivity contribution in [2.45, 2.75) is 0 Å². The molecular weight excluding hydrogens is 402 g/mol. The molecule has 0 aromatic heterocycles. The summed E-state index contributed by atoms with van der Waals surface area (Å²) in [5.41, 5.74) is 16.8. The van der Waals surface area contributed by atoms with Crippen LogP contribution in [0.25, 0.3) is 11.1 Å². The van der Waals surface area contributed by atoms with Gasteiger partial charge < -0.3 is 31.7 Å². The van der Waals surface area contributed by atoms with Gasteiger partial charge in [0.25, 0.3) is 5.91 Å². The number of carbonyl (C=O) groups is 1. The third kappa shape index (κ3) is 6.26. The summed E-state index contributed by atoms with van der Waals surface area (Å²) in [6.45, 7) is 5.19. The number of nitrogen functional groups attached to an aromatic ring is 2. The van der Waals surface area contributed by atoms with Gasteiger partial charge in [0.05, 0.1) is 11.4 Å². The Morgan fingerprint density at radius 1 is 0.938 bits per heavy atom. The van der Waals surface area contributed by atoms with Crippen LogP contribution in [0.2, 0.25) is 0 Å². The number of benzene rings is 3. The molecule has 3 aromatic rings. The molecule has 0 saturated carbocycles. The van der Waals surface area contributed by atoms with E-state index in [9.17, 15) is 4.79 Å². The van der Waals surface area contributed by atoms with Crippen LogP contribution in [0.4, 0.5) is 22.7 Å². The number of nitrogens with zero attached hydrogens (tertiary/aromatic N) is 1. The second-order valence-corrected chi connectivity index (χ2v) is 7.66. The molecule has 1 amide bonds. The molecule has 0 aliphatic heterocycles. The van der Waals surface area contributed by atoms with Gasteiger partial charge in [-0.1, -0.05) is 18.2 Å². The Morgan fingerprint density at radius 2 is 1.59 bits per heavy atom. The van der Waals surface area contributed by atoms with Crippen molar-refractivity contribution in [3.8, 4) is 11.1 Å². The van der Waals surface area contributed by atoms with E-state index in [1.807, 2.05) is 55.4 Å². The number of likely N-dealkylation sites (N-methyl/N-ethyl adjacent to an activating group) is 1. The maximum Gasteiger partial charge on any atom is 0.255 e. The first-order valence-electron chi connectivity index (χ1n) is 10.2. The maximum atomic E-state index is 12.7. The average molecular weight is 432 g/mol. The largest absolute Gasteiger partial charge is 0.478 e. The van der Waals surface area contributed by atoms with Gasteiger partial charge in [0.15, 0.2) is 5.88 Å². The van der Waals surface area contributed by atoms with Crippen molar-refractivity contribution < 1.29 is 9.53 Å². The van der Waals surface area contributed by atoms with Crippen LogP contribution in [0.3, 0.4) is 0 Å². The fraction of sp³-hybridized carbons (Fsp3) is 0.160. The summed E-state index contributed by atoms with van der Waals surface area (Å²) in [6.07, 6.45) is 0. The molecule has 7 heteroatoms. The molecule has 6 N–H and O–H groups in total. The highest BCUT2D eigenvalue weighted by Crippen LogP contribution is 2.28. The van der Waals surface area contributed by atoms with E-state index in [1.165, 1.54) is 0 Å². The molecular formula is C25H29N5O2. The van der Waals surface area contributed by atoms with Crippen molar-refractivity contribution in [1.82, 2.24) is 4.90 Å². The van der Waals surface area contributed by atoms with Crippen molar-refractivity contribution in [3.05, 3.63) is 84.8 Å². The highest BCUT2D eigenvalue weighted by Gasteiger charge is 2.10. The zero-order valence-corrected chi connectivity index (χ0v) is 18.4. The zero-order chi connectivity index (χ0) is 23.1. The van der Waals surface area contributed by atoms with Crippen LogP contribution < -0.4 is 22.1 Å². The fourth-order valence-corrected chi connectivity index (χ4v) is 2.97. The molecule has 3 aromatic carbocycles. The Morgan fingerprint density at radius 3 is 2.25 bits per heavy atom. The lowest BCUT2D eigenvalue weighted by molar-refractivity contribution is 0.102. The van der Waals surface area contributed by atoms with Gasteiger partial charge in [-0.25, -0.2) is 0 Å². The lowest BCUT2D eigenvalue weighted by Crippen LogP contribution is -2.18. The molecule has 3 rings (SSSR count). The summed E-state index contributed by atoms with van der Waals surface area (Å²) in [5, 5.41) is 5.97. The highest BCUT2D eigenvalue weighted by molar-refractivity contribution is 6.06. The third-order valence-corrected chi connectivity index (χ3v) is 4.79. The fourth-order valence-electron chi connectivity index (χ4n) is 2.97. The zero-order valence-electron chi connectivity index (χ0n) is 18.4. The van der Waals surface area contributed by atoms with Gasteiger partial charge in [-0.3, -0.25) is 4.79 Å². The molecule has 0 spiro atoms. The number of carbonyl (C=O) groups excluding carboxylic acids is 1. The molecule has 0 heterocycles. The molecule has 7 nitrogen and oxygen atoms in total. The Balaban J connectivity index is 1.64. The number of hydrogen-bond donors (Lipinski definition) is 4. The van der Waals surface area contributed by atoms with Gasteiger partial charge in [-0.05, 0) is 80.3 Å². The summed E-state index contributed by atoms with van der Waals surface area (Å²) in [7, 11) is 3.95. The standard InChI is InChI=1S/C25H29N5O2/c1-17(32-15-14-30(2)3)28-22-11-6-19(7-12-22)25(31)29-24-16-20(8-13-23(24)27)18-4-9-21(26)10-5-18/h4-13,16,28H,1,14-15,26-27H2,2-3H3,(H,29,31). The van der Waals surface area contributed by atoms with Gasteiger partial charge in [0.2, 0.25) is 0 Å². The van der Waals surface area contributed by atoms with E-state index in [-0.39, 0.29) is 5.91 Å². The molecule has 0 atom stereocenters. The molecule has 0 bridgehead atoms. The summed E-state index contributed by atoms with van der Waals surface area (Å²) < 4.78 is 5.53. The molecule has 0 fully saturated rings. The van der Waals surface area contributed by atoms with E-state index in [1.54, 1.807) is 30.3 Å². The number of hydrogen-bond acceptors (Lipinski definition) is 6. The number of nitrogens with one attached hydrogen (secondary N) is 2. The van der Waals surface area contributed by atoms with E-state index in [0.717, 1.165) is 23.4 Å². The Hall–Kier alpha value is -3.97. The van der Waals surface area contributed by atoms with Crippen LogP contribution in [0.5, 0.6) is 0 Å². The first-order valence-corrected chi connectivity index (χ1v) is 10.2. The normalized spacial score (nSPS) is 10.6. The van der Waals surface area contributed by atoms with E-state index in [0.29, 0.717) is 35.1 Å². The Kier molecular flexibility index (Phi) is 7.36. The summed E-state index contributed by atoms with van der Waals surface area (Å²) >= 11 is 0. The van der Waals surface area contributed by atoms with Crippen LogP contribution in [-0.4, -0.2) is 38.1 Å². The number of nitrogens with two attached hydrogens (primary N) is 2. The van der Waals surface area contributed by atoms with Gasteiger partial charge in [-0.2, -0.15) is 0 Å². The summed E-state index contributed by atoms with van der Waals surface area (Å²) in [6, 6.07) is 20.1. The molecule has 0 unspecified atom stereocenters. The van der Waals surface area contributed by atoms with Gasteiger partial charge in [-0.15, -0.1) is 0 Å². The number of rotatable bonds is 9. The topological polar surface area (TPSA) is 106 Å². The minimum atomic E-state index is -0.251. The van der Waals surface area contributed by atoms with Crippen LogP contribution in [0, 0.1) is 0 Å². The lowest BCUT2D eigenvalue weighted by Gasteiger charge is -2.14. The van der Waals surface area contributed by atoms with Crippen molar-refractivity contribution >= 4 is 28.7 Å². The van der Waals surface area contributed by atoms with Crippen LogP contribution in [0.1, 0.15) is 10.4 Å². The predicted octanol–water partition coefficient (Wildman–Crippen LogP) is 4.23.